The van der Waals surface area contributed by atoms with Gasteiger partial charge in [0.15, 0.2) is 6.29 Å². The minimum Gasteiger partial charge on any atom is -0.505 e. The van der Waals surface area contributed by atoms with Gasteiger partial charge in [0, 0.05) is 0 Å². The number of ether oxygens (including phenoxy) is 9. The number of nitrogens with zero attached hydrogens (tertiary/aromatic N) is 1. The lowest BCUT2D eigenvalue weighted by Crippen LogP contribution is -2.63. The standard InChI is InChI=1S/C55H59NO10/c1-58-33-32-49(61-36-44-24-12-4-13-25-44)51(48(56-57)40-59-34-42-20-8-2-9-21-42)66-55-54(64-39-47-30-18-7-19-31-47)53(63-38-46-28-16-6-17-29-46)52(62-37-45-26-14-5-15-27-45)50(65-55)41-60-35-43-22-10-3-11-23-43/h2-33,49-55,57H,34-41H2,1H3/b33-32+,56-48+/t49-,50-,51-,52+,53+,54-,55+/m1/s1. The van der Waals surface area contributed by atoms with Crippen LogP contribution in [0.1, 0.15) is 33.4 Å². The van der Waals surface area contributed by atoms with E-state index in [-0.39, 0.29) is 52.0 Å². The van der Waals surface area contributed by atoms with Crippen LogP contribution in [0.3, 0.4) is 0 Å². The van der Waals surface area contributed by atoms with Crippen LogP contribution in [0.15, 0.2) is 199 Å². The van der Waals surface area contributed by atoms with Crippen LogP contribution in [0.5, 0.6) is 0 Å². The molecule has 0 saturated carbocycles. The number of rotatable bonds is 26. The van der Waals surface area contributed by atoms with Gasteiger partial charge < -0.3 is 47.8 Å². The summed E-state index contributed by atoms with van der Waals surface area (Å²) in [6.45, 7) is 1.52. The second kappa shape index (κ2) is 26.8. The highest BCUT2D eigenvalue weighted by Crippen LogP contribution is 2.33. The Hall–Kier alpha value is -5.99. The molecule has 0 aromatic heterocycles. The Morgan fingerprint density at radius 2 is 0.939 bits per heavy atom. The third kappa shape index (κ3) is 15.0. The van der Waals surface area contributed by atoms with Crippen molar-refractivity contribution in [3.05, 3.63) is 228 Å². The van der Waals surface area contributed by atoms with Crippen LogP contribution in [-0.2, 0) is 82.3 Å². The van der Waals surface area contributed by atoms with Gasteiger partial charge in [-0.1, -0.05) is 187 Å². The van der Waals surface area contributed by atoms with E-state index in [4.69, 9.17) is 42.6 Å². The van der Waals surface area contributed by atoms with Crippen molar-refractivity contribution in [2.75, 3.05) is 20.3 Å². The molecule has 1 aliphatic heterocycles. The molecule has 1 saturated heterocycles. The van der Waals surface area contributed by atoms with Crippen molar-refractivity contribution in [3.63, 3.8) is 0 Å². The number of hydrogen-bond acceptors (Lipinski definition) is 11. The summed E-state index contributed by atoms with van der Waals surface area (Å²) >= 11 is 0. The highest BCUT2D eigenvalue weighted by Gasteiger charge is 2.50. The number of oxime groups is 1. The summed E-state index contributed by atoms with van der Waals surface area (Å²) in [5.41, 5.74) is 5.91. The molecule has 11 nitrogen and oxygen atoms in total. The largest absolute Gasteiger partial charge is 0.505 e. The van der Waals surface area contributed by atoms with Gasteiger partial charge >= 0.3 is 0 Å². The van der Waals surface area contributed by atoms with Crippen LogP contribution >= 0.6 is 0 Å². The molecule has 66 heavy (non-hydrogen) atoms. The van der Waals surface area contributed by atoms with Crippen LogP contribution in [0, 0.1) is 0 Å². The highest BCUT2D eigenvalue weighted by atomic mass is 16.7. The molecule has 1 heterocycles. The maximum absolute atomic E-state index is 10.8. The van der Waals surface area contributed by atoms with Crippen molar-refractivity contribution in [1.29, 1.82) is 0 Å². The quantitative estimate of drug-likeness (QED) is 0.0244. The normalized spacial score (nSPS) is 19.7. The Bertz CT molecular complexity index is 2270. The van der Waals surface area contributed by atoms with Gasteiger partial charge in [0.1, 0.15) is 42.3 Å². The topological polar surface area (TPSA) is 116 Å². The Morgan fingerprint density at radius 1 is 0.530 bits per heavy atom. The monoisotopic (exact) mass is 893 g/mol. The fourth-order valence-corrected chi connectivity index (χ4v) is 7.53. The summed E-state index contributed by atoms with van der Waals surface area (Å²) in [6.07, 6.45) is -3.03. The van der Waals surface area contributed by atoms with Gasteiger partial charge in [0.2, 0.25) is 0 Å². The van der Waals surface area contributed by atoms with Crippen LogP contribution in [-0.4, -0.2) is 74.2 Å². The second-order valence-corrected chi connectivity index (χ2v) is 15.8. The van der Waals surface area contributed by atoms with Gasteiger partial charge in [-0.2, -0.15) is 0 Å². The lowest BCUT2D eigenvalue weighted by atomic mass is 9.97. The van der Waals surface area contributed by atoms with Gasteiger partial charge in [0.25, 0.3) is 0 Å². The molecule has 6 aromatic rings. The van der Waals surface area contributed by atoms with E-state index in [1.807, 2.05) is 182 Å². The zero-order chi connectivity index (χ0) is 45.4. The van der Waals surface area contributed by atoms with Gasteiger partial charge in [-0.15, -0.1) is 0 Å². The molecule has 0 bridgehead atoms. The lowest BCUT2D eigenvalue weighted by molar-refractivity contribution is -0.335. The molecule has 0 amide bonds. The van der Waals surface area contributed by atoms with E-state index in [1.165, 1.54) is 6.26 Å². The zero-order valence-corrected chi connectivity index (χ0v) is 37.2. The van der Waals surface area contributed by atoms with Gasteiger partial charge in [0.05, 0.1) is 66.2 Å². The molecule has 344 valence electrons. The van der Waals surface area contributed by atoms with Crippen LogP contribution in [0.25, 0.3) is 0 Å². The van der Waals surface area contributed by atoms with E-state index >= 15 is 0 Å². The molecule has 7 atom stereocenters. The molecule has 1 N–H and O–H groups in total. The van der Waals surface area contributed by atoms with E-state index < -0.39 is 42.9 Å². The van der Waals surface area contributed by atoms with Crippen LogP contribution < -0.4 is 0 Å². The first-order valence-electron chi connectivity index (χ1n) is 22.2. The van der Waals surface area contributed by atoms with E-state index in [1.54, 1.807) is 13.2 Å². The smallest absolute Gasteiger partial charge is 0.187 e. The van der Waals surface area contributed by atoms with Crippen molar-refractivity contribution in [3.8, 4) is 0 Å². The third-order valence-electron chi connectivity index (χ3n) is 10.9. The zero-order valence-electron chi connectivity index (χ0n) is 37.2. The van der Waals surface area contributed by atoms with E-state index in [2.05, 4.69) is 5.16 Å². The minimum absolute atomic E-state index is 0.106. The first kappa shape index (κ1) is 48.0. The molecule has 11 heteroatoms. The summed E-state index contributed by atoms with van der Waals surface area (Å²) in [6, 6.07) is 59.3. The van der Waals surface area contributed by atoms with E-state index in [0.29, 0.717) is 6.61 Å². The number of methoxy groups -OCH3 is 1. The Labute approximate surface area is 388 Å². The molecule has 1 fully saturated rings. The number of hydrogen-bond donors (Lipinski definition) is 1. The molecular formula is C55H59NO10. The fraction of sp³-hybridized carbons (Fsp3) is 0.291. The van der Waals surface area contributed by atoms with Crippen LogP contribution in [0.2, 0.25) is 0 Å². The second-order valence-electron chi connectivity index (χ2n) is 15.8. The summed E-state index contributed by atoms with van der Waals surface area (Å²) in [5, 5.41) is 14.6. The average Bonchev–Trinajstić information content (AvgIpc) is 3.37. The lowest BCUT2D eigenvalue weighted by Gasteiger charge is -2.47. The highest BCUT2D eigenvalue weighted by molar-refractivity contribution is 5.90. The molecule has 7 rings (SSSR count). The van der Waals surface area contributed by atoms with Gasteiger partial charge in [-0.25, -0.2) is 0 Å². The van der Waals surface area contributed by atoms with Crippen molar-refractivity contribution in [2.45, 2.75) is 82.6 Å². The molecule has 0 aliphatic carbocycles. The molecule has 1 aliphatic rings. The summed E-state index contributed by atoms with van der Waals surface area (Å²) in [5.74, 6) is 0. The van der Waals surface area contributed by atoms with Crippen LogP contribution in [0.4, 0.5) is 0 Å². The first-order valence-corrected chi connectivity index (χ1v) is 22.2. The molecule has 0 unspecified atom stereocenters. The first-order chi connectivity index (χ1) is 32.7. The third-order valence-corrected chi connectivity index (χ3v) is 10.9. The van der Waals surface area contributed by atoms with E-state index in [0.717, 1.165) is 33.4 Å². The Kier molecular flexibility index (Phi) is 19.5. The molecule has 6 aromatic carbocycles. The fourth-order valence-electron chi connectivity index (χ4n) is 7.53. The number of benzene rings is 6. The predicted octanol–water partition coefficient (Wildman–Crippen LogP) is 9.86. The maximum Gasteiger partial charge on any atom is 0.187 e. The SMILES string of the molecule is CO/C=C/[C@@H](OCc1ccccc1)[C@H](O[C@@H]1O[C@H](COCc2ccccc2)[C@H](OCc2ccccc2)[C@H](OCc2ccccc2)[C@H]1OCc1ccccc1)/C(COCc1ccccc1)=N/O. The van der Waals surface area contributed by atoms with Crippen molar-refractivity contribution in [1.82, 2.24) is 0 Å². The maximum atomic E-state index is 10.8. The summed E-state index contributed by atoms with van der Waals surface area (Å²) in [4.78, 5) is 0. The van der Waals surface area contributed by atoms with Crippen molar-refractivity contribution in [2.24, 2.45) is 5.16 Å². The van der Waals surface area contributed by atoms with Gasteiger partial charge in [-0.3, -0.25) is 0 Å². The summed E-state index contributed by atoms with van der Waals surface area (Å²) < 4.78 is 59.6. The molecule has 0 spiro atoms. The minimum atomic E-state index is -1.16. The van der Waals surface area contributed by atoms with E-state index in [9.17, 15) is 5.21 Å². The molecular weight excluding hydrogens is 835 g/mol. The summed E-state index contributed by atoms with van der Waals surface area (Å²) in [7, 11) is 1.55. The Balaban J connectivity index is 1.27. The predicted molar refractivity (Wildman–Crippen MR) is 251 cm³/mol. The van der Waals surface area contributed by atoms with Crippen molar-refractivity contribution < 1.29 is 47.8 Å². The molecule has 0 radical (unpaired) electrons. The average molecular weight is 894 g/mol. The van der Waals surface area contributed by atoms with Crippen molar-refractivity contribution >= 4 is 5.71 Å². The van der Waals surface area contributed by atoms with Gasteiger partial charge in [-0.05, 0) is 39.5 Å². The Morgan fingerprint density at radius 3 is 1.39 bits per heavy atom.